The number of aryl methyl sites for hydroxylation is 1. The minimum Gasteiger partial charge on any atom is -0.335 e. The van der Waals surface area contributed by atoms with Crippen LogP contribution >= 0.6 is 0 Å². The van der Waals surface area contributed by atoms with E-state index in [4.69, 9.17) is 0 Å². The van der Waals surface area contributed by atoms with Crippen molar-refractivity contribution in [3.05, 3.63) is 82.2 Å². The zero-order chi connectivity index (χ0) is 23.9. The molecule has 2 heterocycles. The number of rotatable bonds is 3. The number of hydrogen-bond acceptors (Lipinski definition) is 3. The van der Waals surface area contributed by atoms with Crippen LogP contribution in [0, 0.1) is 37.1 Å². The largest absolute Gasteiger partial charge is 0.335 e. The van der Waals surface area contributed by atoms with Crippen LogP contribution in [0.4, 0.5) is 17.6 Å². The average Bonchev–Trinajstić information content (AvgIpc) is 3.08. The van der Waals surface area contributed by atoms with Crippen molar-refractivity contribution in [3.8, 4) is 5.69 Å². The predicted molar refractivity (Wildman–Crippen MR) is 111 cm³/mol. The lowest BCUT2D eigenvalue weighted by atomic mass is 10.1. The SMILES string of the molecule is Cc1nn(-c2ccc(F)cc2F)c(C)c1C(=O)N1CCN(C(=O)c2ccc(F)c(F)c2)CC1. The summed E-state index contributed by atoms with van der Waals surface area (Å²) in [5.74, 6) is -4.43. The molecule has 2 aromatic carbocycles. The molecule has 4 rings (SSSR count). The Hall–Kier alpha value is -3.69. The van der Waals surface area contributed by atoms with Crippen molar-refractivity contribution < 1.29 is 27.2 Å². The molecular weight excluding hydrogens is 440 g/mol. The van der Waals surface area contributed by atoms with Crippen molar-refractivity contribution in [1.29, 1.82) is 0 Å². The van der Waals surface area contributed by atoms with Gasteiger partial charge in [0.15, 0.2) is 17.5 Å². The van der Waals surface area contributed by atoms with Crippen LogP contribution in [0.3, 0.4) is 0 Å². The fourth-order valence-corrected chi connectivity index (χ4v) is 3.92. The molecule has 0 bridgehead atoms. The first-order chi connectivity index (χ1) is 15.7. The van der Waals surface area contributed by atoms with Crippen LogP contribution < -0.4 is 0 Å². The molecule has 6 nitrogen and oxygen atoms in total. The number of nitrogens with zero attached hydrogens (tertiary/aromatic N) is 4. The van der Waals surface area contributed by atoms with E-state index in [1.807, 2.05) is 0 Å². The van der Waals surface area contributed by atoms with Gasteiger partial charge < -0.3 is 9.80 Å². The van der Waals surface area contributed by atoms with Crippen LogP contribution in [0.2, 0.25) is 0 Å². The lowest BCUT2D eigenvalue weighted by molar-refractivity contribution is 0.0534. The Balaban J connectivity index is 1.49. The normalized spacial score (nSPS) is 14.0. The van der Waals surface area contributed by atoms with E-state index in [9.17, 15) is 27.2 Å². The Labute approximate surface area is 187 Å². The van der Waals surface area contributed by atoms with Crippen molar-refractivity contribution in [1.82, 2.24) is 19.6 Å². The first kappa shape index (κ1) is 22.5. The van der Waals surface area contributed by atoms with Crippen molar-refractivity contribution in [3.63, 3.8) is 0 Å². The molecule has 1 aliphatic heterocycles. The monoisotopic (exact) mass is 460 g/mol. The van der Waals surface area contributed by atoms with E-state index in [1.165, 1.54) is 21.7 Å². The van der Waals surface area contributed by atoms with Crippen molar-refractivity contribution in [2.45, 2.75) is 13.8 Å². The van der Waals surface area contributed by atoms with E-state index >= 15 is 0 Å². The summed E-state index contributed by atoms with van der Waals surface area (Å²) in [4.78, 5) is 28.8. The summed E-state index contributed by atoms with van der Waals surface area (Å²) in [6.45, 7) is 4.12. The maximum absolute atomic E-state index is 14.2. The van der Waals surface area contributed by atoms with Gasteiger partial charge in [-0.1, -0.05) is 0 Å². The number of carbonyl (C=O) groups excluding carboxylic acids is 2. The third-order valence-electron chi connectivity index (χ3n) is 5.66. The predicted octanol–water partition coefficient (Wildman–Crippen LogP) is 3.64. The van der Waals surface area contributed by atoms with Crippen molar-refractivity contribution in [2.24, 2.45) is 0 Å². The second kappa shape index (κ2) is 8.68. The van der Waals surface area contributed by atoms with Crippen molar-refractivity contribution in [2.75, 3.05) is 26.2 Å². The van der Waals surface area contributed by atoms with Crippen LogP contribution in [0.5, 0.6) is 0 Å². The standard InChI is InChI=1S/C23H20F4N4O2/c1-13-21(14(2)31(28-13)20-6-4-16(24)12-19(20)27)23(33)30-9-7-29(8-10-30)22(32)15-3-5-17(25)18(26)11-15/h3-6,11-12H,7-10H2,1-2H3. The summed E-state index contributed by atoms with van der Waals surface area (Å²) in [5.41, 5.74) is 1.16. The van der Waals surface area contributed by atoms with Gasteiger partial charge in [0.25, 0.3) is 11.8 Å². The van der Waals surface area contributed by atoms with Gasteiger partial charge in [-0.15, -0.1) is 0 Å². The molecule has 0 atom stereocenters. The van der Waals surface area contributed by atoms with Gasteiger partial charge in [0.05, 0.1) is 17.0 Å². The molecule has 1 aromatic heterocycles. The molecule has 0 unspecified atom stereocenters. The van der Waals surface area contributed by atoms with Crippen LogP contribution in [-0.4, -0.2) is 57.6 Å². The van der Waals surface area contributed by atoms with E-state index < -0.39 is 29.2 Å². The minimum absolute atomic E-state index is 0.0259. The van der Waals surface area contributed by atoms with Gasteiger partial charge in [0, 0.05) is 37.8 Å². The summed E-state index contributed by atoms with van der Waals surface area (Å²) in [7, 11) is 0. The van der Waals surface area contributed by atoms with Gasteiger partial charge in [0.1, 0.15) is 11.5 Å². The first-order valence-electron chi connectivity index (χ1n) is 10.2. The third-order valence-corrected chi connectivity index (χ3v) is 5.66. The van der Waals surface area contributed by atoms with Crippen LogP contribution in [-0.2, 0) is 0 Å². The van der Waals surface area contributed by atoms with E-state index in [0.29, 0.717) is 17.0 Å². The lowest BCUT2D eigenvalue weighted by Crippen LogP contribution is -2.50. The summed E-state index contributed by atoms with van der Waals surface area (Å²) < 4.78 is 55.4. The Morgan fingerprint density at radius 2 is 1.42 bits per heavy atom. The zero-order valence-corrected chi connectivity index (χ0v) is 17.9. The summed E-state index contributed by atoms with van der Waals surface area (Å²) in [5, 5.41) is 4.26. The smallest absolute Gasteiger partial charge is 0.257 e. The van der Waals surface area contributed by atoms with Gasteiger partial charge >= 0.3 is 0 Å². The fourth-order valence-electron chi connectivity index (χ4n) is 3.92. The number of benzene rings is 2. The van der Waals surface area contributed by atoms with Crippen molar-refractivity contribution >= 4 is 11.8 Å². The summed E-state index contributed by atoms with van der Waals surface area (Å²) >= 11 is 0. The van der Waals surface area contributed by atoms with Crippen LogP contribution in [0.25, 0.3) is 5.69 Å². The topological polar surface area (TPSA) is 58.4 Å². The van der Waals surface area contributed by atoms with E-state index in [0.717, 1.165) is 24.3 Å². The Morgan fingerprint density at radius 1 is 0.788 bits per heavy atom. The maximum atomic E-state index is 14.2. The highest BCUT2D eigenvalue weighted by atomic mass is 19.2. The molecule has 0 radical (unpaired) electrons. The van der Waals surface area contributed by atoms with E-state index in [2.05, 4.69) is 5.10 Å². The molecule has 0 N–H and O–H groups in total. The number of piperazine rings is 1. The highest BCUT2D eigenvalue weighted by Gasteiger charge is 2.29. The van der Waals surface area contributed by atoms with E-state index in [-0.39, 0.29) is 43.3 Å². The average molecular weight is 460 g/mol. The second-order valence-corrected chi connectivity index (χ2v) is 7.77. The van der Waals surface area contributed by atoms with Crippen LogP contribution in [0.1, 0.15) is 32.1 Å². The summed E-state index contributed by atoms with van der Waals surface area (Å²) in [6, 6.07) is 6.07. The Kier molecular flexibility index (Phi) is 5.92. The minimum atomic E-state index is -1.10. The molecule has 0 aliphatic carbocycles. The quantitative estimate of drug-likeness (QED) is 0.561. The lowest BCUT2D eigenvalue weighted by Gasteiger charge is -2.35. The Morgan fingerprint density at radius 3 is 2.03 bits per heavy atom. The maximum Gasteiger partial charge on any atom is 0.257 e. The van der Waals surface area contributed by atoms with Gasteiger partial charge in [-0.3, -0.25) is 9.59 Å². The van der Waals surface area contributed by atoms with Gasteiger partial charge in [-0.05, 0) is 44.2 Å². The number of hydrogen-bond donors (Lipinski definition) is 0. The molecule has 1 saturated heterocycles. The number of amides is 2. The molecule has 1 fully saturated rings. The molecule has 0 saturated carbocycles. The summed E-state index contributed by atoms with van der Waals surface area (Å²) in [6.07, 6.45) is 0. The van der Waals surface area contributed by atoms with Crippen LogP contribution in [0.15, 0.2) is 36.4 Å². The van der Waals surface area contributed by atoms with E-state index in [1.54, 1.807) is 18.7 Å². The zero-order valence-electron chi connectivity index (χ0n) is 17.9. The highest BCUT2D eigenvalue weighted by molar-refractivity contribution is 5.97. The number of aromatic nitrogens is 2. The van der Waals surface area contributed by atoms with Gasteiger partial charge in [-0.2, -0.15) is 5.10 Å². The number of carbonyl (C=O) groups is 2. The molecule has 3 aromatic rings. The van der Waals surface area contributed by atoms with Gasteiger partial charge in [0.2, 0.25) is 0 Å². The van der Waals surface area contributed by atoms with Gasteiger partial charge in [-0.25, -0.2) is 22.2 Å². The molecule has 10 heteroatoms. The molecule has 1 aliphatic rings. The fraction of sp³-hybridized carbons (Fsp3) is 0.261. The second-order valence-electron chi connectivity index (χ2n) is 7.77. The highest BCUT2D eigenvalue weighted by Crippen LogP contribution is 2.23. The molecule has 0 spiro atoms. The molecule has 2 amide bonds. The molecule has 33 heavy (non-hydrogen) atoms. The third kappa shape index (κ3) is 4.20. The first-order valence-corrected chi connectivity index (χ1v) is 10.2. The number of halogens is 4. The Bertz CT molecular complexity index is 1250. The molecule has 172 valence electrons. The molecular formula is C23H20F4N4O2.